The van der Waals surface area contributed by atoms with Crippen molar-refractivity contribution in [2.45, 2.75) is 25.9 Å². The maximum absolute atomic E-state index is 11.9. The fourth-order valence-corrected chi connectivity index (χ4v) is 3.05. The first-order valence-electron chi connectivity index (χ1n) is 4.76. The van der Waals surface area contributed by atoms with E-state index in [0.29, 0.717) is 12.3 Å². The molecule has 2 N–H and O–H groups in total. The Bertz CT molecular complexity index is 431. The molecule has 5 heteroatoms. The van der Waals surface area contributed by atoms with Gasteiger partial charge in [0.05, 0.1) is 5.75 Å². The largest absolute Gasteiger partial charge is 0.450 e. The standard InChI is InChI=1S/C10H17NO3S/c1-8-4-5-9(14-8)15(12,13)7-10(2,3)6-11/h4-5H,6-7,11H2,1-3H3. The minimum absolute atomic E-state index is 0.00343. The van der Waals surface area contributed by atoms with E-state index in [1.165, 1.54) is 6.07 Å². The molecule has 1 aromatic heterocycles. The first-order valence-corrected chi connectivity index (χ1v) is 6.41. The van der Waals surface area contributed by atoms with Crippen LogP contribution in [0.25, 0.3) is 0 Å². The first-order chi connectivity index (χ1) is 6.77. The van der Waals surface area contributed by atoms with Gasteiger partial charge in [-0.25, -0.2) is 8.42 Å². The molecule has 1 heterocycles. The molecule has 0 fully saturated rings. The lowest BCUT2D eigenvalue weighted by atomic mass is 9.97. The molecule has 0 unspecified atom stereocenters. The highest BCUT2D eigenvalue weighted by Crippen LogP contribution is 2.22. The van der Waals surface area contributed by atoms with E-state index in [2.05, 4.69) is 0 Å². The predicted molar refractivity (Wildman–Crippen MR) is 58.3 cm³/mol. The second kappa shape index (κ2) is 3.98. The lowest BCUT2D eigenvalue weighted by Gasteiger charge is -2.20. The van der Waals surface area contributed by atoms with Gasteiger partial charge in [0, 0.05) is 0 Å². The summed E-state index contributed by atoms with van der Waals surface area (Å²) in [5.41, 5.74) is 5.07. The SMILES string of the molecule is Cc1ccc(S(=O)(=O)CC(C)(C)CN)o1. The third kappa shape index (κ3) is 3.07. The van der Waals surface area contributed by atoms with Crippen LogP contribution in [0.2, 0.25) is 0 Å². The van der Waals surface area contributed by atoms with Gasteiger partial charge in [-0.1, -0.05) is 13.8 Å². The van der Waals surface area contributed by atoms with Crippen LogP contribution >= 0.6 is 0 Å². The summed E-state index contributed by atoms with van der Waals surface area (Å²) in [6.07, 6.45) is 0. The minimum atomic E-state index is -3.36. The summed E-state index contributed by atoms with van der Waals surface area (Å²) in [6.45, 7) is 5.68. The second-order valence-corrected chi connectivity index (χ2v) is 6.41. The molecule has 0 aliphatic heterocycles. The Hall–Kier alpha value is -0.810. The van der Waals surface area contributed by atoms with Crippen molar-refractivity contribution in [1.29, 1.82) is 0 Å². The van der Waals surface area contributed by atoms with E-state index in [9.17, 15) is 8.42 Å². The summed E-state index contributed by atoms with van der Waals surface area (Å²) in [7, 11) is -3.36. The van der Waals surface area contributed by atoms with Gasteiger partial charge in [0.1, 0.15) is 5.76 Å². The van der Waals surface area contributed by atoms with E-state index < -0.39 is 15.3 Å². The number of nitrogens with two attached hydrogens (primary N) is 1. The summed E-state index contributed by atoms with van der Waals surface area (Å²) in [6, 6.07) is 3.12. The Balaban J connectivity index is 2.95. The highest BCUT2D eigenvalue weighted by Gasteiger charge is 2.28. The smallest absolute Gasteiger partial charge is 0.218 e. The Morgan fingerprint density at radius 1 is 1.40 bits per heavy atom. The van der Waals surface area contributed by atoms with Crippen LogP contribution in [0, 0.1) is 12.3 Å². The Morgan fingerprint density at radius 2 is 2.00 bits per heavy atom. The zero-order valence-corrected chi connectivity index (χ0v) is 10.1. The van der Waals surface area contributed by atoms with Crippen molar-refractivity contribution in [3.05, 3.63) is 17.9 Å². The van der Waals surface area contributed by atoms with Crippen LogP contribution < -0.4 is 5.73 Å². The lowest BCUT2D eigenvalue weighted by molar-refractivity contribution is 0.401. The van der Waals surface area contributed by atoms with E-state index in [4.69, 9.17) is 10.2 Å². The van der Waals surface area contributed by atoms with Crippen LogP contribution in [-0.4, -0.2) is 20.7 Å². The summed E-state index contributed by atoms with van der Waals surface area (Å²) in [5, 5.41) is 0.0292. The molecule has 0 aliphatic carbocycles. The molecule has 0 radical (unpaired) electrons. The van der Waals surface area contributed by atoms with Crippen molar-refractivity contribution >= 4 is 9.84 Å². The quantitative estimate of drug-likeness (QED) is 0.848. The van der Waals surface area contributed by atoms with Gasteiger partial charge in [0.15, 0.2) is 0 Å². The van der Waals surface area contributed by atoms with Crippen molar-refractivity contribution in [3.8, 4) is 0 Å². The van der Waals surface area contributed by atoms with Gasteiger partial charge in [-0.05, 0) is 31.0 Å². The van der Waals surface area contributed by atoms with Crippen LogP contribution in [0.3, 0.4) is 0 Å². The number of furan rings is 1. The van der Waals surface area contributed by atoms with Crippen LogP contribution in [0.15, 0.2) is 21.6 Å². The molecule has 0 aromatic carbocycles. The zero-order valence-electron chi connectivity index (χ0n) is 9.28. The van der Waals surface area contributed by atoms with Gasteiger partial charge in [-0.15, -0.1) is 0 Å². The third-order valence-corrected chi connectivity index (χ3v) is 4.15. The molecule has 0 saturated heterocycles. The number of sulfone groups is 1. The zero-order chi connectivity index (χ0) is 11.7. The summed E-state index contributed by atoms with van der Waals surface area (Å²) >= 11 is 0. The maximum Gasteiger partial charge on any atom is 0.218 e. The number of rotatable bonds is 4. The first kappa shape index (κ1) is 12.3. The van der Waals surface area contributed by atoms with Gasteiger partial charge < -0.3 is 10.2 Å². The molecular formula is C10H17NO3S. The Kier molecular flexibility index (Phi) is 3.25. The average molecular weight is 231 g/mol. The van der Waals surface area contributed by atoms with E-state index in [-0.39, 0.29) is 10.8 Å². The fraction of sp³-hybridized carbons (Fsp3) is 0.600. The van der Waals surface area contributed by atoms with E-state index in [0.717, 1.165) is 0 Å². The average Bonchev–Trinajstić information content (AvgIpc) is 2.51. The maximum atomic E-state index is 11.9. The summed E-state index contributed by atoms with van der Waals surface area (Å²) in [4.78, 5) is 0. The van der Waals surface area contributed by atoms with Crippen LogP contribution in [0.4, 0.5) is 0 Å². The Morgan fingerprint density at radius 3 is 2.40 bits per heavy atom. The van der Waals surface area contributed by atoms with Crippen molar-refractivity contribution < 1.29 is 12.8 Å². The number of hydrogen-bond acceptors (Lipinski definition) is 4. The molecular weight excluding hydrogens is 214 g/mol. The summed E-state index contributed by atoms with van der Waals surface area (Å²) in [5.74, 6) is 0.600. The molecule has 1 rings (SSSR count). The Labute approximate surface area is 90.4 Å². The molecule has 1 aromatic rings. The van der Waals surface area contributed by atoms with Gasteiger partial charge >= 0.3 is 0 Å². The molecule has 0 bridgehead atoms. The minimum Gasteiger partial charge on any atom is -0.450 e. The molecule has 0 atom stereocenters. The van der Waals surface area contributed by atoms with E-state index >= 15 is 0 Å². The molecule has 15 heavy (non-hydrogen) atoms. The van der Waals surface area contributed by atoms with Crippen molar-refractivity contribution in [2.75, 3.05) is 12.3 Å². The fourth-order valence-electron chi connectivity index (χ4n) is 1.22. The van der Waals surface area contributed by atoms with Crippen LogP contribution in [0.5, 0.6) is 0 Å². The summed E-state index contributed by atoms with van der Waals surface area (Å²) < 4.78 is 28.9. The third-order valence-electron chi connectivity index (χ3n) is 2.16. The van der Waals surface area contributed by atoms with Gasteiger partial charge in [-0.3, -0.25) is 0 Å². The molecule has 0 amide bonds. The van der Waals surface area contributed by atoms with Crippen LogP contribution in [-0.2, 0) is 9.84 Å². The van der Waals surface area contributed by atoms with Crippen molar-refractivity contribution in [3.63, 3.8) is 0 Å². The second-order valence-electron chi connectivity index (χ2n) is 4.49. The van der Waals surface area contributed by atoms with E-state index in [1.807, 2.05) is 13.8 Å². The molecule has 0 spiro atoms. The highest BCUT2D eigenvalue weighted by molar-refractivity contribution is 7.91. The van der Waals surface area contributed by atoms with Crippen molar-refractivity contribution in [2.24, 2.45) is 11.1 Å². The lowest BCUT2D eigenvalue weighted by Crippen LogP contribution is -2.31. The monoisotopic (exact) mass is 231 g/mol. The highest BCUT2D eigenvalue weighted by atomic mass is 32.2. The van der Waals surface area contributed by atoms with Crippen molar-refractivity contribution in [1.82, 2.24) is 0 Å². The predicted octanol–water partition coefficient (Wildman–Crippen LogP) is 1.35. The van der Waals surface area contributed by atoms with Gasteiger partial charge in [-0.2, -0.15) is 0 Å². The number of hydrogen-bond donors (Lipinski definition) is 1. The van der Waals surface area contributed by atoms with Gasteiger partial charge in [0.25, 0.3) is 0 Å². The van der Waals surface area contributed by atoms with Crippen LogP contribution in [0.1, 0.15) is 19.6 Å². The van der Waals surface area contributed by atoms with E-state index in [1.54, 1.807) is 13.0 Å². The van der Waals surface area contributed by atoms with Gasteiger partial charge in [0.2, 0.25) is 14.9 Å². The molecule has 86 valence electrons. The molecule has 0 aliphatic rings. The molecule has 4 nitrogen and oxygen atoms in total. The normalized spacial score (nSPS) is 13.1. The number of aryl methyl sites for hydroxylation is 1. The topological polar surface area (TPSA) is 73.3 Å². The molecule has 0 saturated carbocycles.